The van der Waals surface area contributed by atoms with Gasteiger partial charge in [-0.1, -0.05) is 26.2 Å². The molecule has 23 heavy (non-hydrogen) atoms. The first-order valence-corrected chi connectivity index (χ1v) is 7.75. The SMILES string of the molecule is CCCCCCOc1ccc(C(=O)Oc2ccc(F)nc2)cc1. The van der Waals surface area contributed by atoms with E-state index in [9.17, 15) is 9.18 Å². The van der Waals surface area contributed by atoms with Crippen LogP contribution in [0.2, 0.25) is 0 Å². The van der Waals surface area contributed by atoms with Crippen LogP contribution in [0.1, 0.15) is 43.0 Å². The molecule has 0 atom stereocenters. The summed E-state index contributed by atoms with van der Waals surface area (Å²) in [6, 6.07) is 9.24. The van der Waals surface area contributed by atoms with Gasteiger partial charge >= 0.3 is 5.97 Å². The van der Waals surface area contributed by atoms with Gasteiger partial charge in [0, 0.05) is 0 Å². The van der Waals surface area contributed by atoms with Gasteiger partial charge in [-0.2, -0.15) is 4.39 Å². The summed E-state index contributed by atoms with van der Waals surface area (Å²) in [6.07, 6.45) is 5.76. The van der Waals surface area contributed by atoms with Gasteiger partial charge < -0.3 is 9.47 Å². The largest absolute Gasteiger partial charge is 0.494 e. The van der Waals surface area contributed by atoms with E-state index in [4.69, 9.17) is 9.47 Å². The maximum Gasteiger partial charge on any atom is 0.343 e. The molecule has 0 radical (unpaired) electrons. The van der Waals surface area contributed by atoms with Crippen LogP contribution in [-0.4, -0.2) is 17.6 Å². The van der Waals surface area contributed by atoms with Crippen LogP contribution in [0.4, 0.5) is 4.39 Å². The highest BCUT2D eigenvalue weighted by molar-refractivity contribution is 5.91. The highest BCUT2D eigenvalue weighted by atomic mass is 19.1. The molecule has 1 heterocycles. The minimum atomic E-state index is -0.620. The van der Waals surface area contributed by atoms with Crippen molar-refractivity contribution in [2.75, 3.05) is 6.61 Å². The molecule has 0 spiro atoms. The van der Waals surface area contributed by atoms with Crippen LogP contribution in [-0.2, 0) is 0 Å². The number of nitrogens with zero attached hydrogens (tertiary/aromatic N) is 1. The lowest BCUT2D eigenvalue weighted by molar-refractivity contribution is 0.0734. The average Bonchev–Trinajstić information content (AvgIpc) is 2.57. The van der Waals surface area contributed by atoms with E-state index in [-0.39, 0.29) is 5.75 Å². The van der Waals surface area contributed by atoms with Gasteiger partial charge in [-0.3, -0.25) is 0 Å². The molecule has 0 N–H and O–H groups in total. The summed E-state index contributed by atoms with van der Waals surface area (Å²) in [5.74, 6) is -0.215. The minimum absolute atomic E-state index is 0.202. The molecule has 2 rings (SSSR count). The van der Waals surface area contributed by atoms with Crippen molar-refractivity contribution in [3.63, 3.8) is 0 Å². The topological polar surface area (TPSA) is 48.4 Å². The molecule has 122 valence electrons. The minimum Gasteiger partial charge on any atom is -0.494 e. The van der Waals surface area contributed by atoms with Crippen LogP contribution in [0.3, 0.4) is 0 Å². The number of aromatic nitrogens is 1. The quantitative estimate of drug-likeness (QED) is 0.411. The second kappa shape index (κ2) is 8.88. The normalized spacial score (nSPS) is 10.3. The zero-order valence-corrected chi connectivity index (χ0v) is 13.1. The molecular formula is C18H20FNO3. The van der Waals surface area contributed by atoms with Crippen LogP contribution in [0, 0.1) is 5.95 Å². The Hall–Kier alpha value is -2.43. The van der Waals surface area contributed by atoms with Gasteiger partial charge in [0.25, 0.3) is 0 Å². The number of unbranched alkanes of at least 4 members (excludes halogenated alkanes) is 3. The first-order valence-electron chi connectivity index (χ1n) is 7.75. The highest BCUT2D eigenvalue weighted by Gasteiger charge is 2.09. The Morgan fingerprint density at radius 3 is 2.43 bits per heavy atom. The zero-order chi connectivity index (χ0) is 16.5. The fraction of sp³-hybridized carbons (Fsp3) is 0.333. The summed E-state index contributed by atoms with van der Waals surface area (Å²) >= 11 is 0. The van der Waals surface area contributed by atoms with E-state index >= 15 is 0 Å². The van der Waals surface area contributed by atoms with E-state index in [1.54, 1.807) is 24.3 Å². The number of rotatable bonds is 8. The fourth-order valence-corrected chi connectivity index (χ4v) is 1.99. The number of pyridine rings is 1. The fourth-order valence-electron chi connectivity index (χ4n) is 1.99. The number of benzene rings is 1. The summed E-state index contributed by atoms with van der Waals surface area (Å²) in [7, 11) is 0. The number of carbonyl (C=O) groups excluding carboxylic acids is 1. The predicted octanol–water partition coefficient (Wildman–Crippen LogP) is 4.40. The van der Waals surface area contributed by atoms with Gasteiger partial charge in [0.1, 0.15) is 11.5 Å². The lowest BCUT2D eigenvalue weighted by Gasteiger charge is -2.07. The summed E-state index contributed by atoms with van der Waals surface area (Å²) in [6.45, 7) is 2.84. The van der Waals surface area contributed by atoms with E-state index in [0.717, 1.165) is 24.7 Å². The molecule has 1 aromatic carbocycles. The molecule has 2 aromatic rings. The van der Waals surface area contributed by atoms with Crippen molar-refractivity contribution < 1.29 is 18.7 Å². The Labute approximate surface area is 135 Å². The predicted molar refractivity (Wildman–Crippen MR) is 85.2 cm³/mol. The maximum absolute atomic E-state index is 12.7. The second-order valence-corrected chi connectivity index (χ2v) is 5.14. The van der Waals surface area contributed by atoms with E-state index < -0.39 is 11.9 Å². The Morgan fingerprint density at radius 1 is 1.04 bits per heavy atom. The molecule has 0 fully saturated rings. The van der Waals surface area contributed by atoms with Gasteiger partial charge in [-0.25, -0.2) is 9.78 Å². The van der Waals surface area contributed by atoms with E-state index in [2.05, 4.69) is 11.9 Å². The van der Waals surface area contributed by atoms with Crippen molar-refractivity contribution in [1.29, 1.82) is 0 Å². The van der Waals surface area contributed by atoms with Crippen LogP contribution in [0.25, 0.3) is 0 Å². The number of hydrogen-bond acceptors (Lipinski definition) is 4. The third-order valence-electron chi connectivity index (χ3n) is 3.27. The second-order valence-electron chi connectivity index (χ2n) is 5.14. The number of ether oxygens (including phenoxy) is 2. The van der Waals surface area contributed by atoms with E-state index in [1.807, 2.05) is 0 Å². The molecule has 0 aliphatic rings. The number of carbonyl (C=O) groups is 1. The summed E-state index contributed by atoms with van der Waals surface area (Å²) < 4.78 is 23.4. The zero-order valence-electron chi connectivity index (χ0n) is 13.1. The van der Waals surface area contributed by atoms with Gasteiger partial charge in [0.2, 0.25) is 5.95 Å². The molecular weight excluding hydrogens is 297 g/mol. The maximum atomic E-state index is 12.7. The van der Waals surface area contributed by atoms with Crippen molar-refractivity contribution in [1.82, 2.24) is 4.98 Å². The summed E-state index contributed by atoms with van der Waals surface area (Å²) in [5, 5.41) is 0. The van der Waals surface area contributed by atoms with Crippen molar-refractivity contribution in [2.45, 2.75) is 32.6 Å². The van der Waals surface area contributed by atoms with E-state index in [1.165, 1.54) is 25.1 Å². The van der Waals surface area contributed by atoms with Crippen LogP contribution < -0.4 is 9.47 Å². The van der Waals surface area contributed by atoms with Gasteiger partial charge in [-0.15, -0.1) is 0 Å². The Kier molecular flexibility index (Phi) is 6.54. The van der Waals surface area contributed by atoms with Crippen molar-refractivity contribution >= 4 is 5.97 Å². The molecule has 0 unspecified atom stereocenters. The van der Waals surface area contributed by atoms with Crippen molar-refractivity contribution in [3.05, 3.63) is 54.1 Å². The molecule has 0 saturated heterocycles. The molecule has 5 heteroatoms. The summed E-state index contributed by atoms with van der Waals surface area (Å²) in [5.41, 5.74) is 0.396. The lowest BCUT2D eigenvalue weighted by Crippen LogP contribution is -2.08. The molecule has 0 bridgehead atoms. The smallest absolute Gasteiger partial charge is 0.343 e. The average molecular weight is 317 g/mol. The van der Waals surface area contributed by atoms with Crippen LogP contribution in [0.15, 0.2) is 42.6 Å². The van der Waals surface area contributed by atoms with Gasteiger partial charge in [-0.05, 0) is 42.8 Å². The molecule has 0 aliphatic carbocycles. The molecule has 0 amide bonds. The highest BCUT2D eigenvalue weighted by Crippen LogP contribution is 2.16. The van der Waals surface area contributed by atoms with Crippen molar-refractivity contribution in [3.8, 4) is 11.5 Å². The van der Waals surface area contributed by atoms with Crippen molar-refractivity contribution in [2.24, 2.45) is 0 Å². The van der Waals surface area contributed by atoms with Gasteiger partial charge in [0.05, 0.1) is 18.4 Å². The van der Waals surface area contributed by atoms with E-state index in [0.29, 0.717) is 12.2 Å². The third-order valence-corrected chi connectivity index (χ3v) is 3.27. The summed E-state index contributed by atoms with van der Waals surface area (Å²) in [4.78, 5) is 15.4. The van der Waals surface area contributed by atoms with Gasteiger partial charge in [0.15, 0.2) is 0 Å². The monoisotopic (exact) mass is 317 g/mol. The first kappa shape index (κ1) is 16.9. The Morgan fingerprint density at radius 2 is 1.78 bits per heavy atom. The number of halogens is 1. The first-order chi connectivity index (χ1) is 11.2. The Balaban J connectivity index is 1.83. The number of esters is 1. The lowest BCUT2D eigenvalue weighted by atomic mass is 10.2. The number of hydrogen-bond donors (Lipinski definition) is 0. The standard InChI is InChI=1S/C18H20FNO3/c1-2-3-4-5-12-22-15-8-6-14(7-9-15)18(21)23-16-10-11-17(19)20-13-16/h6-11,13H,2-5,12H2,1H3. The Bertz CT molecular complexity index is 611. The van der Waals surface area contributed by atoms with Crippen LogP contribution >= 0.6 is 0 Å². The molecule has 0 aliphatic heterocycles. The molecule has 1 aromatic heterocycles. The third kappa shape index (κ3) is 5.70. The van der Waals surface area contributed by atoms with Crippen LogP contribution in [0.5, 0.6) is 11.5 Å². The molecule has 0 saturated carbocycles. The molecule has 4 nitrogen and oxygen atoms in total.